The summed E-state index contributed by atoms with van der Waals surface area (Å²) in [6.45, 7) is 0.288. The minimum atomic E-state index is 0.288. The first-order valence-electron chi connectivity index (χ1n) is 5.74. The number of hydrogen-bond acceptors (Lipinski definition) is 4. The van der Waals surface area contributed by atoms with Gasteiger partial charge in [0.25, 0.3) is 0 Å². The van der Waals surface area contributed by atoms with E-state index in [1.54, 1.807) is 18.2 Å². The Morgan fingerprint density at radius 2 is 1.95 bits per heavy atom. The molecule has 1 heterocycles. The van der Waals surface area contributed by atoms with Gasteiger partial charge in [0.15, 0.2) is 12.2 Å². The molecule has 0 fully saturated rings. The summed E-state index contributed by atoms with van der Waals surface area (Å²) >= 11 is 3.37. The van der Waals surface area contributed by atoms with Crippen LogP contribution in [-0.2, 0) is 6.61 Å². The fraction of sp³-hybridized carbons (Fsp3) is 0.0714. The molecule has 0 saturated carbocycles. The van der Waals surface area contributed by atoms with Crippen molar-refractivity contribution >= 4 is 32.7 Å². The van der Waals surface area contributed by atoms with E-state index in [1.807, 2.05) is 24.3 Å². The van der Waals surface area contributed by atoms with E-state index in [0.717, 1.165) is 15.7 Å². The highest BCUT2D eigenvalue weighted by Gasteiger charge is 2.06. The molecule has 1 aromatic heterocycles. The number of fused-ring (bicyclic) bond motifs is 1. The van der Waals surface area contributed by atoms with Crippen molar-refractivity contribution in [3.63, 3.8) is 0 Å². The Labute approximate surface area is 118 Å². The van der Waals surface area contributed by atoms with Crippen LogP contribution < -0.4 is 10.5 Å². The lowest BCUT2D eigenvalue weighted by molar-refractivity contribution is 0.267. The van der Waals surface area contributed by atoms with Crippen molar-refractivity contribution in [3.8, 4) is 5.75 Å². The van der Waals surface area contributed by atoms with Crippen LogP contribution in [0.25, 0.3) is 11.1 Å². The summed E-state index contributed by atoms with van der Waals surface area (Å²) in [5.41, 5.74) is 7.82. The molecule has 3 rings (SSSR count). The fourth-order valence-corrected chi connectivity index (χ4v) is 1.99. The summed E-state index contributed by atoms with van der Waals surface area (Å²) in [6, 6.07) is 13.0. The van der Waals surface area contributed by atoms with Gasteiger partial charge in [0.05, 0.1) is 0 Å². The van der Waals surface area contributed by atoms with Crippen LogP contribution in [0.15, 0.2) is 51.4 Å². The van der Waals surface area contributed by atoms with E-state index < -0.39 is 0 Å². The van der Waals surface area contributed by atoms with Crippen LogP contribution >= 0.6 is 15.9 Å². The third kappa shape index (κ3) is 2.71. The van der Waals surface area contributed by atoms with Crippen molar-refractivity contribution in [2.75, 3.05) is 5.73 Å². The molecule has 4 nitrogen and oxygen atoms in total. The maximum Gasteiger partial charge on any atom is 0.233 e. The number of anilines is 1. The van der Waals surface area contributed by atoms with Gasteiger partial charge in [-0.05, 0) is 42.5 Å². The van der Waals surface area contributed by atoms with Crippen molar-refractivity contribution in [1.29, 1.82) is 0 Å². The van der Waals surface area contributed by atoms with E-state index in [0.29, 0.717) is 17.2 Å². The third-order valence-corrected chi connectivity index (χ3v) is 3.16. The van der Waals surface area contributed by atoms with Gasteiger partial charge in [-0.15, -0.1) is 0 Å². The molecule has 0 saturated heterocycles. The van der Waals surface area contributed by atoms with E-state index in [1.165, 1.54) is 0 Å². The monoisotopic (exact) mass is 318 g/mol. The van der Waals surface area contributed by atoms with Gasteiger partial charge in [0, 0.05) is 10.2 Å². The second-order valence-corrected chi connectivity index (χ2v) is 4.99. The highest BCUT2D eigenvalue weighted by atomic mass is 79.9. The quantitative estimate of drug-likeness (QED) is 0.747. The summed E-state index contributed by atoms with van der Waals surface area (Å²) in [6.07, 6.45) is 0. The summed E-state index contributed by atoms with van der Waals surface area (Å²) < 4.78 is 12.2. The lowest BCUT2D eigenvalue weighted by atomic mass is 10.3. The molecule has 3 aromatic rings. The van der Waals surface area contributed by atoms with Crippen molar-refractivity contribution in [2.45, 2.75) is 6.61 Å². The average molecular weight is 319 g/mol. The SMILES string of the molecule is Nc1ccc2oc(COc3ccc(Br)cc3)nc2c1. The second kappa shape index (κ2) is 4.93. The van der Waals surface area contributed by atoms with Crippen molar-refractivity contribution < 1.29 is 9.15 Å². The molecule has 0 aliphatic heterocycles. The standard InChI is InChI=1S/C14H11BrN2O2/c15-9-1-4-11(5-2-9)18-8-14-17-12-7-10(16)3-6-13(12)19-14/h1-7H,8,16H2. The van der Waals surface area contributed by atoms with Crippen molar-refractivity contribution in [1.82, 2.24) is 4.98 Å². The molecule has 0 aliphatic carbocycles. The van der Waals surface area contributed by atoms with Crippen molar-refractivity contribution in [2.24, 2.45) is 0 Å². The summed E-state index contributed by atoms with van der Waals surface area (Å²) in [7, 11) is 0. The van der Waals surface area contributed by atoms with E-state index in [4.69, 9.17) is 14.9 Å². The highest BCUT2D eigenvalue weighted by molar-refractivity contribution is 9.10. The van der Waals surface area contributed by atoms with Gasteiger partial charge in [0.2, 0.25) is 5.89 Å². The van der Waals surface area contributed by atoms with Gasteiger partial charge in [0.1, 0.15) is 11.3 Å². The van der Waals surface area contributed by atoms with Crippen LogP contribution in [0.4, 0.5) is 5.69 Å². The number of benzene rings is 2. The lowest BCUT2D eigenvalue weighted by Crippen LogP contribution is -1.95. The minimum Gasteiger partial charge on any atom is -0.484 e. The van der Waals surface area contributed by atoms with E-state index in [-0.39, 0.29) is 6.61 Å². The van der Waals surface area contributed by atoms with Crippen LogP contribution in [0, 0.1) is 0 Å². The molecular weight excluding hydrogens is 308 g/mol. The molecule has 2 N–H and O–H groups in total. The van der Waals surface area contributed by atoms with Crippen LogP contribution in [0.3, 0.4) is 0 Å². The molecule has 0 amide bonds. The first kappa shape index (κ1) is 12.0. The summed E-state index contributed by atoms with van der Waals surface area (Å²) in [5, 5.41) is 0. The fourth-order valence-electron chi connectivity index (χ4n) is 1.73. The second-order valence-electron chi connectivity index (χ2n) is 4.08. The molecule has 0 unspecified atom stereocenters. The first-order valence-corrected chi connectivity index (χ1v) is 6.53. The first-order chi connectivity index (χ1) is 9.20. The van der Waals surface area contributed by atoms with Gasteiger partial charge >= 0.3 is 0 Å². The van der Waals surface area contributed by atoms with Crippen molar-refractivity contribution in [3.05, 3.63) is 52.8 Å². The van der Waals surface area contributed by atoms with E-state index >= 15 is 0 Å². The van der Waals surface area contributed by atoms with Crippen LogP contribution in [0.1, 0.15) is 5.89 Å². The lowest BCUT2D eigenvalue weighted by Gasteiger charge is -2.02. The van der Waals surface area contributed by atoms with Gasteiger partial charge in [-0.1, -0.05) is 15.9 Å². The van der Waals surface area contributed by atoms with Crippen LogP contribution in [0.5, 0.6) is 5.75 Å². The van der Waals surface area contributed by atoms with E-state index in [9.17, 15) is 0 Å². The number of nitrogens with zero attached hydrogens (tertiary/aromatic N) is 1. The molecular formula is C14H11BrN2O2. The molecule has 0 bridgehead atoms. The van der Waals surface area contributed by atoms with Crippen LogP contribution in [-0.4, -0.2) is 4.98 Å². The molecule has 19 heavy (non-hydrogen) atoms. The number of nitrogen functional groups attached to an aromatic ring is 1. The smallest absolute Gasteiger partial charge is 0.233 e. The summed E-state index contributed by atoms with van der Waals surface area (Å²) in [5.74, 6) is 1.30. The van der Waals surface area contributed by atoms with Crippen LogP contribution in [0.2, 0.25) is 0 Å². The zero-order valence-corrected chi connectivity index (χ0v) is 11.6. The minimum absolute atomic E-state index is 0.288. The maximum atomic E-state index is 5.69. The predicted molar refractivity (Wildman–Crippen MR) is 76.9 cm³/mol. The molecule has 0 aliphatic rings. The Morgan fingerprint density at radius 1 is 1.16 bits per heavy atom. The van der Waals surface area contributed by atoms with Gasteiger partial charge < -0.3 is 14.9 Å². The molecule has 0 atom stereocenters. The zero-order valence-electron chi connectivity index (χ0n) is 9.97. The third-order valence-electron chi connectivity index (χ3n) is 2.63. The zero-order chi connectivity index (χ0) is 13.2. The number of hydrogen-bond donors (Lipinski definition) is 1. The summed E-state index contributed by atoms with van der Waals surface area (Å²) in [4.78, 5) is 4.33. The maximum absolute atomic E-state index is 5.69. The number of ether oxygens (including phenoxy) is 1. The Balaban J connectivity index is 1.76. The normalized spacial score (nSPS) is 10.8. The Morgan fingerprint density at radius 3 is 2.74 bits per heavy atom. The molecule has 2 aromatic carbocycles. The van der Waals surface area contributed by atoms with Gasteiger partial charge in [-0.3, -0.25) is 0 Å². The Kier molecular flexibility index (Phi) is 3.13. The molecule has 5 heteroatoms. The number of nitrogens with two attached hydrogens (primary N) is 1. The molecule has 0 spiro atoms. The average Bonchev–Trinajstić information content (AvgIpc) is 2.80. The Bertz CT molecular complexity index is 707. The van der Waals surface area contributed by atoms with E-state index in [2.05, 4.69) is 20.9 Å². The highest BCUT2D eigenvalue weighted by Crippen LogP contribution is 2.20. The van der Waals surface area contributed by atoms with Gasteiger partial charge in [-0.25, -0.2) is 4.98 Å². The number of aromatic nitrogens is 1. The topological polar surface area (TPSA) is 61.3 Å². The Hall–Kier alpha value is -2.01. The number of oxazole rings is 1. The number of halogens is 1. The largest absolute Gasteiger partial charge is 0.484 e. The van der Waals surface area contributed by atoms with Gasteiger partial charge in [-0.2, -0.15) is 0 Å². The number of rotatable bonds is 3. The molecule has 0 radical (unpaired) electrons. The molecule has 96 valence electrons. The predicted octanol–water partition coefficient (Wildman–Crippen LogP) is 3.75.